The number of nitrogens with one attached hydrogen (secondary N) is 3. The number of anilines is 4. The molecule has 0 saturated heterocycles. The molecule has 1 heterocycles. The molecule has 0 radical (unpaired) electrons. The lowest BCUT2D eigenvalue weighted by atomic mass is 9.99. The number of ether oxygens (including phenoxy) is 2. The van der Waals surface area contributed by atoms with Crippen molar-refractivity contribution in [1.82, 2.24) is 9.80 Å². The van der Waals surface area contributed by atoms with Crippen LogP contribution in [0.25, 0.3) is 0 Å². The molecular weight excluding hydrogens is 640 g/mol. The summed E-state index contributed by atoms with van der Waals surface area (Å²) in [5, 5.41) is 18.6. The second kappa shape index (κ2) is 17.9. The predicted octanol–water partition coefficient (Wildman–Crippen LogP) is 5.19. The van der Waals surface area contributed by atoms with Crippen molar-refractivity contribution < 1.29 is 33.8 Å². The normalized spacial score (nSPS) is 16.2. The van der Waals surface area contributed by atoms with E-state index in [1.54, 1.807) is 92.7 Å². The van der Waals surface area contributed by atoms with Crippen LogP contribution in [0.2, 0.25) is 0 Å². The Morgan fingerprint density at radius 1 is 0.960 bits per heavy atom. The van der Waals surface area contributed by atoms with Gasteiger partial charge < -0.3 is 46.1 Å². The number of carbonyl (C=O) groups excluding carboxylic acids is 4. The molecule has 0 spiro atoms. The summed E-state index contributed by atoms with van der Waals surface area (Å²) in [5.41, 5.74) is 8.14. The third-order valence-corrected chi connectivity index (χ3v) is 8.65. The number of nitrogen functional groups attached to an aromatic ring is 1. The molecule has 13 heteroatoms. The van der Waals surface area contributed by atoms with Gasteiger partial charge in [0, 0.05) is 38.0 Å². The van der Waals surface area contributed by atoms with Crippen molar-refractivity contribution in [2.24, 2.45) is 5.92 Å². The third-order valence-electron chi connectivity index (χ3n) is 8.65. The minimum absolute atomic E-state index is 0.144. The molecule has 0 saturated carbocycles. The van der Waals surface area contributed by atoms with Crippen LogP contribution in [0.4, 0.5) is 27.5 Å². The van der Waals surface area contributed by atoms with E-state index in [1.165, 1.54) is 4.90 Å². The van der Waals surface area contributed by atoms with Crippen molar-refractivity contribution in [3.63, 3.8) is 0 Å². The molecule has 50 heavy (non-hydrogen) atoms. The zero-order valence-electron chi connectivity index (χ0n) is 29.1. The molecule has 0 unspecified atom stereocenters. The topological polar surface area (TPSA) is 176 Å². The summed E-state index contributed by atoms with van der Waals surface area (Å²) in [5.74, 6) is -0.117. The Balaban J connectivity index is 1.42. The monoisotopic (exact) mass is 688 g/mol. The zero-order valence-corrected chi connectivity index (χ0v) is 29.1. The molecule has 13 nitrogen and oxygen atoms in total. The Morgan fingerprint density at radius 3 is 2.24 bits per heavy atom. The fraction of sp³-hybridized carbons (Fsp3) is 0.405. The molecule has 3 atom stereocenters. The zero-order chi connectivity index (χ0) is 36.2. The number of para-hydroxylation sites is 3. The highest BCUT2D eigenvalue weighted by molar-refractivity contribution is 6.01. The lowest BCUT2D eigenvalue weighted by Gasteiger charge is -2.38. The number of methoxy groups -OCH3 is 1. The van der Waals surface area contributed by atoms with Gasteiger partial charge in [0.15, 0.2) is 5.75 Å². The van der Waals surface area contributed by atoms with Crippen molar-refractivity contribution in [2.75, 3.05) is 55.5 Å². The van der Waals surface area contributed by atoms with Crippen molar-refractivity contribution in [3.05, 3.63) is 72.3 Å². The van der Waals surface area contributed by atoms with Gasteiger partial charge in [-0.25, -0.2) is 4.79 Å². The number of amides is 5. The Kier molecular flexibility index (Phi) is 13.4. The van der Waals surface area contributed by atoms with E-state index in [9.17, 15) is 24.3 Å². The first-order chi connectivity index (χ1) is 24.0. The summed E-state index contributed by atoms with van der Waals surface area (Å²) < 4.78 is 11.7. The number of hydrogen-bond donors (Lipinski definition) is 5. The van der Waals surface area contributed by atoms with E-state index >= 15 is 0 Å². The Labute approximate surface area is 293 Å². The Morgan fingerprint density at radius 2 is 1.60 bits per heavy atom. The van der Waals surface area contributed by atoms with Crippen molar-refractivity contribution >= 4 is 46.5 Å². The van der Waals surface area contributed by atoms with Gasteiger partial charge in [-0.05, 0) is 68.3 Å². The maximum absolute atomic E-state index is 13.8. The maximum Gasteiger partial charge on any atom is 0.321 e. The highest BCUT2D eigenvalue weighted by atomic mass is 16.5. The van der Waals surface area contributed by atoms with Crippen molar-refractivity contribution in [1.29, 1.82) is 0 Å². The molecule has 268 valence electrons. The summed E-state index contributed by atoms with van der Waals surface area (Å²) in [7, 11) is 3.22. The van der Waals surface area contributed by atoms with Gasteiger partial charge in [0.05, 0.1) is 48.9 Å². The van der Waals surface area contributed by atoms with Crippen LogP contribution in [-0.4, -0.2) is 84.7 Å². The summed E-state index contributed by atoms with van der Waals surface area (Å²) in [6.07, 6.45) is 1.74. The van der Waals surface area contributed by atoms with E-state index in [0.717, 1.165) is 0 Å². The molecule has 1 aliphatic heterocycles. The third kappa shape index (κ3) is 10.1. The van der Waals surface area contributed by atoms with Gasteiger partial charge in [0.2, 0.25) is 11.8 Å². The summed E-state index contributed by atoms with van der Waals surface area (Å²) >= 11 is 0. The molecule has 3 aromatic rings. The summed E-state index contributed by atoms with van der Waals surface area (Å²) in [4.78, 5) is 55.5. The molecule has 3 aromatic carbocycles. The minimum Gasteiger partial charge on any atom is -0.497 e. The molecular formula is C37H48N6O7. The number of carbonyl (C=O) groups is 4. The number of nitrogens with two attached hydrogens (primary N) is 1. The van der Waals surface area contributed by atoms with Crippen LogP contribution in [0, 0.1) is 5.92 Å². The van der Waals surface area contributed by atoms with E-state index in [0.29, 0.717) is 54.2 Å². The molecule has 1 aliphatic rings. The summed E-state index contributed by atoms with van der Waals surface area (Å²) in [6, 6.07) is 18.2. The van der Waals surface area contributed by atoms with Gasteiger partial charge in [0.1, 0.15) is 11.9 Å². The molecule has 0 fully saturated rings. The van der Waals surface area contributed by atoms with E-state index in [1.807, 2.05) is 6.92 Å². The number of aliphatic hydroxyl groups excluding tert-OH is 1. The number of likely N-dealkylation sites (N-methyl/N-ethyl adjacent to an activating group) is 1. The minimum atomic E-state index is -0.572. The molecule has 0 bridgehead atoms. The van der Waals surface area contributed by atoms with E-state index < -0.39 is 12.1 Å². The first kappa shape index (κ1) is 37.5. The largest absolute Gasteiger partial charge is 0.497 e. The van der Waals surface area contributed by atoms with Crippen LogP contribution in [0.3, 0.4) is 0 Å². The molecule has 4 rings (SSSR count). The fourth-order valence-electron chi connectivity index (χ4n) is 5.59. The van der Waals surface area contributed by atoms with Crippen LogP contribution in [-0.2, 0) is 9.59 Å². The van der Waals surface area contributed by atoms with Gasteiger partial charge in [-0.15, -0.1) is 0 Å². The second-order valence-corrected chi connectivity index (χ2v) is 12.6. The van der Waals surface area contributed by atoms with Gasteiger partial charge in [-0.2, -0.15) is 0 Å². The highest BCUT2D eigenvalue weighted by Gasteiger charge is 2.35. The van der Waals surface area contributed by atoms with Crippen LogP contribution >= 0.6 is 0 Å². The lowest BCUT2D eigenvalue weighted by molar-refractivity contribution is -0.116. The van der Waals surface area contributed by atoms with Crippen LogP contribution in [0.15, 0.2) is 66.7 Å². The number of rotatable bonds is 14. The maximum atomic E-state index is 13.8. The first-order valence-corrected chi connectivity index (χ1v) is 16.8. The number of fused-ring (bicyclic) bond motifs is 1. The molecule has 0 aliphatic carbocycles. The van der Waals surface area contributed by atoms with Gasteiger partial charge in [0.25, 0.3) is 5.91 Å². The van der Waals surface area contributed by atoms with Crippen LogP contribution in [0.5, 0.6) is 11.5 Å². The van der Waals surface area contributed by atoms with Gasteiger partial charge in [-0.1, -0.05) is 31.5 Å². The van der Waals surface area contributed by atoms with E-state index in [2.05, 4.69) is 16.0 Å². The number of aliphatic hydroxyl groups is 1. The number of unbranched alkanes of at least 4 members (excludes halogenated alkanes) is 2. The molecule has 6 N–H and O–H groups in total. The quantitative estimate of drug-likeness (QED) is 0.114. The fourth-order valence-corrected chi connectivity index (χ4v) is 5.59. The first-order valence-electron chi connectivity index (χ1n) is 16.8. The Hall–Kier alpha value is -5.30. The van der Waals surface area contributed by atoms with Crippen molar-refractivity contribution in [3.8, 4) is 11.5 Å². The van der Waals surface area contributed by atoms with Gasteiger partial charge >= 0.3 is 6.03 Å². The van der Waals surface area contributed by atoms with E-state index in [4.69, 9.17) is 15.2 Å². The standard InChI is InChI=1S/C37H48N6O7/c1-24-21-43(25(2)23-44)36(47)28-11-10-14-31(41-34(46)16-7-5-6-15-33(45)40-30-13-9-8-12-29(30)38)35(28)50-32(24)22-42(3)37(48)39-26-17-19-27(49-4)20-18-26/h8-14,17-20,24-25,32,44H,5-7,15-16,21-23,38H2,1-4H3,(H,39,48)(H,40,45)(H,41,46)/t24-,25-,32+/m0/s1. The smallest absolute Gasteiger partial charge is 0.321 e. The number of urea groups is 1. The lowest BCUT2D eigenvalue weighted by Crippen LogP contribution is -2.50. The van der Waals surface area contributed by atoms with Gasteiger partial charge in [-0.3, -0.25) is 14.4 Å². The predicted molar refractivity (Wildman–Crippen MR) is 193 cm³/mol. The second-order valence-electron chi connectivity index (χ2n) is 12.6. The average molecular weight is 689 g/mol. The average Bonchev–Trinajstić information content (AvgIpc) is 3.10. The van der Waals surface area contributed by atoms with Crippen LogP contribution in [0.1, 0.15) is 56.3 Å². The number of hydrogen-bond acceptors (Lipinski definition) is 8. The molecule has 5 amide bonds. The number of benzene rings is 3. The Bertz CT molecular complexity index is 1630. The highest BCUT2D eigenvalue weighted by Crippen LogP contribution is 2.35. The van der Waals surface area contributed by atoms with E-state index in [-0.39, 0.29) is 67.1 Å². The SMILES string of the molecule is COc1ccc(NC(=O)N(C)C[C@H]2Oc3c(NC(=O)CCCCCC(=O)Nc4ccccc4N)cccc3C(=O)N([C@@H](C)CO)C[C@@H]2C)cc1. The van der Waals surface area contributed by atoms with Crippen molar-refractivity contribution in [2.45, 2.75) is 58.1 Å². The molecule has 0 aromatic heterocycles. The van der Waals surface area contributed by atoms with Crippen LogP contribution < -0.4 is 31.2 Å². The summed E-state index contributed by atoms with van der Waals surface area (Å²) in [6.45, 7) is 3.91. The number of nitrogens with zero attached hydrogens (tertiary/aromatic N) is 2.